The summed E-state index contributed by atoms with van der Waals surface area (Å²) < 4.78 is 155. The fraction of sp³-hybridized carbons (Fsp3) is 0.508. The van der Waals surface area contributed by atoms with Gasteiger partial charge in [0.15, 0.2) is 5.97 Å². The van der Waals surface area contributed by atoms with Crippen molar-refractivity contribution in [2.24, 2.45) is 5.73 Å². The number of carbonyl (C=O) groups is 3. The second-order valence-corrected chi connectivity index (χ2v) is 23.1. The molecule has 0 aliphatic heterocycles. The third-order valence-corrected chi connectivity index (χ3v) is 13.3. The van der Waals surface area contributed by atoms with Crippen LogP contribution in [0.15, 0.2) is 60.7 Å². The van der Waals surface area contributed by atoms with Gasteiger partial charge in [-0.1, -0.05) is 58.0 Å². The Morgan fingerprint density at radius 2 is 0.814 bits per heavy atom. The summed E-state index contributed by atoms with van der Waals surface area (Å²) >= 11 is 32.0. The predicted octanol–water partition coefficient (Wildman–Crippen LogP) is 15.1. The molecule has 0 bridgehead atoms. The molecule has 7 N–H and O–H groups in total. The number of ether oxygens (including phenoxy) is 6. The molecule has 0 aromatic carbocycles. The van der Waals surface area contributed by atoms with Crippen molar-refractivity contribution in [1.29, 1.82) is 0 Å². The minimum atomic E-state index is -2.61. The second-order valence-electron chi connectivity index (χ2n) is 21.2. The van der Waals surface area contributed by atoms with Crippen LogP contribution in [0.4, 0.5) is 49.6 Å². The Morgan fingerprint density at radius 3 is 1.06 bits per heavy atom. The molecule has 0 radical (unpaired) electrons. The van der Waals surface area contributed by atoms with Gasteiger partial charge in [-0.25, -0.2) is 58.9 Å². The monoisotopic (exact) mass is 1610 g/mol. The molecule has 5 aromatic heterocycles. The molecule has 1 amide bonds. The molecule has 97 heavy (non-hydrogen) atoms. The molecule has 5 aliphatic carbocycles. The van der Waals surface area contributed by atoms with Crippen LogP contribution in [0, 0.1) is 37.8 Å². The molecule has 538 valence electrons. The van der Waals surface area contributed by atoms with E-state index in [9.17, 15) is 68.4 Å². The first-order valence-corrected chi connectivity index (χ1v) is 37.2. The molecule has 0 unspecified atom stereocenters. The molecule has 5 aliphatic rings. The van der Waals surface area contributed by atoms with Crippen LogP contribution < -0.4 is 30.8 Å². The average Bonchev–Trinajstić information content (AvgIpc) is 0.844. The van der Waals surface area contributed by atoms with E-state index >= 15 is 0 Å². The number of amides is 1. The summed E-state index contributed by atoms with van der Waals surface area (Å²) in [7, 11) is 1.00. The number of rotatable bonds is 15. The number of pyridine rings is 5. The van der Waals surface area contributed by atoms with Gasteiger partial charge in [-0.3, -0.25) is 41.4 Å². The van der Waals surface area contributed by atoms with Crippen molar-refractivity contribution >= 4 is 95.2 Å². The first-order valence-electron chi connectivity index (χ1n) is 28.4. The van der Waals surface area contributed by atoms with Crippen LogP contribution in [0.1, 0.15) is 107 Å². The van der Waals surface area contributed by atoms with E-state index in [1.165, 1.54) is 34.5 Å². The third kappa shape index (κ3) is 36.9. The van der Waals surface area contributed by atoms with Gasteiger partial charge < -0.3 is 50.5 Å². The minimum absolute atomic E-state index is 0. The second kappa shape index (κ2) is 41.8. The van der Waals surface area contributed by atoms with E-state index in [4.69, 9.17) is 97.6 Å². The molecule has 5 saturated carbocycles. The van der Waals surface area contributed by atoms with Crippen LogP contribution >= 0.6 is 71.6 Å². The fourth-order valence-corrected chi connectivity index (χ4v) is 9.45. The number of halogens is 16. The normalized spacial score (nSPS) is 16.9. The summed E-state index contributed by atoms with van der Waals surface area (Å²) in [5.74, 6) is -12.4. The van der Waals surface area contributed by atoms with E-state index in [0.29, 0.717) is 69.8 Å². The SMILES string of the molecule is CCOC(=O)Cc1cc(OC2CC(F)(F)C2)cc(C)n1.CO.Cc1cc(OC2CC(F)(F)C2)cc(CC(N)=O)n1.Cc1cc(OC2CC(F)(F)C2)cc(Cl)n1.FC1(F)CC(Oc2cc(Cl)nc(Cl)c2)C1.N.O=[N+]([O-])c1cc(Cl)nc(Cl)c1.OC1CC(F)(F)C1.[CH2-]C(=O)OCC.[Zn+][Br]. The van der Waals surface area contributed by atoms with Gasteiger partial charge in [0.25, 0.3) is 35.3 Å². The number of alkyl halides is 10. The van der Waals surface area contributed by atoms with Crippen LogP contribution in [0.5, 0.6) is 23.0 Å². The van der Waals surface area contributed by atoms with Crippen molar-refractivity contribution in [3.63, 3.8) is 0 Å². The molecule has 0 spiro atoms. The average molecular weight is 1610 g/mol. The zero-order valence-corrected chi connectivity index (χ0v) is 61.2. The number of hydrogen-bond acceptors (Lipinski definition) is 19. The summed E-state index contributed by atoms with van der Waals surface area (Å²) in [4.78, 5) is 61.1. The maximum absolute atomic E-state index is 12.8. The van der Waals surface area contributed by atoms with E-state index in [-0.39, 0.29) is 115 Å². The number of aliphatic hydroxyl groups is 2. The van der Waals surface area contributed by atoms with Crippen LogP contribution in [0.3, 0.4) is 0 Å². The molecule has 0 saturated heterocycles. The third-order valence-electron chi connectivity index (χ3n) is 12.3. The Morgan fingerprint density at radius 1 is 0.536 bits per heavy atom. The Kier molecular flexibility index (Phi) is 38.5. The number of esters is 2. The quantitative estimate of drug-likeness (QED) is 0.0144. The molecular formula is C59H70BrCl5F10N8O13Zn. The number of carbonyl (C=O) groups excluding carboxylic acids is 3. The van der Waals surface area contributed by atoms with E-state index in [0.717, 1.165) is 19.2 Å². The van der Waals surface area contributed by atoms with Crippen molar-refractivity contribution in [1.82, 2.24) is 31.1 Å². The van der Waals surface area contributed by atoms with Gasteiger partial charge in [-0.2, -0.15) is 0 Å². The zero-order valence-electron chi connectivity index (χ0n) is 52.9. The molecule has 10 rings (SSSR count). The number of nitrogens with two attached hydrogens (primary N) is 1. The number of nitro groups is 1. The predicted molar refractivity (Wildman–Crippen MR) is 339 cm³/mol. The molecule has 5 aromatic rings. The standard InChI is InChI=1S/C14H17F2NO3.C12H14F2N2O2.C10H10ClF2NO.C9H7Cl2F2NO.C5H2Cl2N2O2.C4H6F2O.C4H7O2.CH4O.BrH.H3N.Zn/c1-3-19-13(18)6-10-5-11(4-9(2)17-10)20-12-7-14(15,16)8-12;1-7-2-9(3-8(16-7)4-11(15)17)18-10-5-12(13,14)6-10;1-6-2-7(3-9(11)14-6)15-8-4-10(12,13)5-8;10-7-1-5(2-8(11)14-7)15-6-3-9(12,13)4-6;6-4-1-3(9(10)11)2-5(7)8-4;5-4(6)1-3(7)2-4;1-3-6-4(2)5;1-2;;;/h4-5,12H,3,6-8H2,1-2H3;2-3,10H,4-6H2,1H3,(H2,15,17);2-3,8H,4-5H2,1H3;1-2,6H,3-4H2;1-2H;3,7H,1-2H2;2-3H2,1H3;2H,1H3;1H;1H3;/q;;;;;;-1;;;;+2/p-1. The Labute approximate surface area is 593 Å². The van der Waals surface area contributed by atoms with Crippen molar-refractivity contribution in [3.8, 4) is 23.0 Å². The molecule has 38 heteroatoms. The van der Waals surface area contributed by atoms with Crippen LogP contribution in [-0.4, -0.2) is 138 Å². The van der Waals surface area contributed by atoms with Crippen LogP contribution in [0.2, 0.25) is 25.8 Å². The summed E-state index contributed by atoms with van der Waals surface area (Å²) in [6.45, 7) is 12.4. The Hall–Kier alpha value is -5.64. The van der Waals surface area contributed by atoms with E-state index in [1.54, 1.807) is 65.0 Å². The summed E-state index contributed by atoms with van der Waals surface area (Å²) in [6.07, 6.45) is -5.17. The van der Waals surface area contributed by atoms with E-state index < -0.39 is 76.9 Å². The number of aryl methyl sites for hydroxylation is 3. The fourth-order valence-electron chi connectivity index (χ4n) is 8.32. The first-order chi connectivity index (χ1) is 44.6. The van der Waals surface area contributed by atoms with Gasteiger partial charge in [0.05, 0.1) is 60.6 Å². The van der Waals surface area contributed by atoms with Crippen LogP contribution in [0.25, 0.3) is 0 Å². The van der Waals surface area contributed by atoms with Crippen molar-refractivity contribution in [2.45, 2.75) is 172 Å². The van der Waals surface area contributed by atoms with Gasteiger partial charge in [-0.15, -0.1) is 0 Å². The Bertz CT molecular complexity index is 3170. The van der Waals surface area contributed by atoms with E-state index in [1.807, 2.05) is 0 Å². The van der Waals surface area contributed by atoms with Crippen molar-refractivity contribution < 1.29 is 118 Å². The van der Waals surface area contributed by atoms with Gasteiger partial charge in [0.2, 0.25) is 5.91 Å². The topological polar surface area (TPSA) is 316 Å². The Balaban J connectivity index is 0.000000575. The molecular weight excluding hydrogens is 1540 g/mol. The van der Waals surface area contributed by atoms with E-state index in [2.05, 4.69) is 50.2 Å². The summed E-state index contributed by atoms with van der Waals surface area (Å²) in [5.41, 5.74) is 7.98. The summed E-state index contributed by atoms with van der Waals surface area (Å²) in [5, 5.41) is 26.2. The molecule has 5 heterocycles. The molecule has 5 fully saturated rings. The number of nitrogens with zero attached hydrogens (tertiary/aromatic N) is 6. The number of aliphatic hydroxyl groups excluding tert-OH is 2. The molecule has 0 atom stereocenters. The van der Waals surface area contributed by atoms with Crippen LogP contribution in [-0.2, 0) is 53.0 Å². The maximum atomic E-state index is 12.8. The van der Waals surface area contributed by atoms with Gasteiger partial charge in [0.1, 0.15) is 73.2 Å². The zero-order chi connectivity index (χ0) is 73.1. The first kappa shape index (κ1) is 89.4. The summed E-state index contributed by atoms with van der Waals surface area (Å²) in [6, 6.07) is 14.9. The van der Waals surface area contributed by atoms with Gasteiger partial charge >= 0.3 is 35.9 Å². The number of primary amides is 1. The number of hydrogen-bond donors (Lipinski definition) is 4. The van der Waals surface area contributed by atoms with Crippen molar-refractivity contribution in [2.75, 3.05) is 20.3 Å². The van der Waals surface area contributed by atoms with Crippen molar-refractivity contribution in [3.05, 3.63) is 132 Å². The van der Waals surface area contributed by atoms with Gasteiger partial charge in [0, 0.05) is 137 Å². The molecule has 21 nitrogen and oxygen atoms in total. The van der Waals surface area contributed by atoms with Gasteiger partial charge in [-0.05, 0) is 34.6 Å². The number of aromatic nitrogens is 5.